The number of carbonyl (C=O) groups excluding carboxylic acids is 1. The molecule has 1 N–H and O–H groups in total. The zero-order valence-electron chi connectivity index (χ0n) is 17.4. The van der Waals surface area contributed by atoms with Crippen molar-refractivity contribution >= 4 is 5.91 Å². The number of rotatable bonds is 5. The van der Waals surface area contributed by atoms with Gasteiger partial charge in [-0.3, -0.25) is 9.78 Å². The number of pyridine rings is 1. The highest BCUT2D eigenvalue weighted by Crippen LogP contribution is 2.37. The molecular formula is C21H29N5O3. The van der Waals surface area contributed by atoms with Crippen molar-refractivity contribution in [3.05, 3.63) is 35.7 Å². The van der Waals surface area contributed by atoms with Crippen LogP contribution in [-0.4, -0.2) is 51.2 Å². The third-order valence-corrected chi connectivity index (χ3v) is 5.84. The first-order chi connectivity index (χ1) is 14.0. The van der Waals surface area contributed by atoms with E-state index in [9.17, 15) is 4.79 Å². The molecule has 2 aromatic rings. The number of piperidine rings is 1. The van der Waals surface area contributed by atoms with Crippen LogP contribution in [0.1, 0.15) is 68.9 Å². The third kappa shape index (κ3) is 3.85. The van der Waals surface area contributed by atoms with Gasteiger partial charge in [0.1, 0.15) is 11.8 Å². The molecule has 4 rings (SSSR count). The van der Waals surface area contributed by atoms with Crippen molar-refractivity contribution in [1.29, 1.82) is 0 Å². The van der Waals surface area contributed by atoms with E-state index in [-0.39, 0.29) is 17.9 Å². The minimum Gasteiger partial charge on any atom is -0.475 e. The van der Waals surface area contributed by atoms with Crippen molar-refractivity contribution < 1.29 is 14.1 Å². The standard InChI is InChI=1S/C21H29N5O3/c1-14(2)18-24-19(29-25-18)16-6-5-13-26(16)20(27)21(8-11-22-12-9-21)28-17-7-4-10-23-15(17)3/h4,7,10,14,16,22H,5-6,8-9,11-13H2,1-3H3/t16-/m0/s1. The van der Waals surface area contributed by atoms with E-state index in [0.717, 1.165) is 31.6 Å². The fraction of sp³-hybridized carbons (Fsp3) is 0.619. The molecule has 1 amide bonds. The number of carbonyl (C=O) groups is 1. The van der Waals surface area contributed by atoms with Crippen LogP contribution in [0.5, 0.6) is 5.75 Å². The molecule has 0 bridgehead atoms. The van der Waals surface area contributed by atoms with E-state index in [1.165, 1.54) is 0 Å². The number of nitrogens with zero attached hydrogens (tertiary/aromatic N) is 4. The smallest absolute Gasteiger partial charge is 0.267 e. The topological polar surface area (TPSA) is 93.4 Å². The first kappa shape index (κ1) is 19.8. The van der Waals surface area contributed by atoms with E-state index in [1.54, 1.807) is 6.20 Å². The number of hydrogen-bond donors (Lipinski definition) is 1. The van der Waals surface area contributed by atoms with E-state index >= 15 is 0 Å². The van der Waals surface area contributed by atoms with Crippen LogP contribution in [0, 0.1) is 6.92 Å². The summed E-state index contributed by atoms with van der Waals surface area (Å²) in [6, 6.07) is 3.53. The van der Waals surface area contributed by atoms with E-state index in [0.29, 0.717) is 36.9 Å². The molecule has 0 aromatic carbocycles. The zero-order chi connectivity index (χ0) is 20.4. The van der Waals surface area contributed by atoms with Crippen molar-refractivity contribution in [3.63, 3.8) is 0 Å². The lowest BCUT2D eigenvalue weighted by Crippen LogP contribution is -2.57. The van der Waals surface area contributed by atoms with Gasteiger partial charge in [0.05, 0.1) is 5.69 Å². The Hall–Kier alpha value is -2.48. The van der Waals surface area contributed by atoms with Crippen molar-refractivity contribution in [1.82, 2.24) is 25.3 Å². The summed E-state index contributed by atoms with van der Waals surface area (Å²) in [5.74, 6) is 2.07. The van der Waals surface area contributed by atoms with Gasteiger partial charge in [0.15, 0.2) is 11.4 Å². The Morgan fingerprint density at radius 1 is 1.38 bits per heavy atom. The zero-order valence-corrected chi connectivity index (χ0v) is 17.4. The molecule has 156 valence electrons. The summed E-state index contributed by atoms with van der Waals surface area (Å²) < 4.78 is 11.9. The van der Waals surface area contributed by atoms with Crippen LogP contribution in [0.2, 0.25) is 0 Å². The summed E-state index contributed by atoms with van der Waals surface area (Å²) >= 11 is 0. The molecule has 0 aliphatic carbocycles. The predicted octanol–water partition coefficient (Wildman–Crippen LogP) is 2.76. The average molecular weight is 399 g/mol. The number of hydrogen-bond acceptors (Lipinski definition) is 7. The van der Waals surface area contributed by atoms with Crippen LogP contribution in [0.15, 0.2) is 22.9 Å². The van der Waals surface area contributed by atoms with E-state index in [2.05, 4.69) is 20.4 Å². The molecule has 2 fully saturated rings. The number of aryl methyl sites for hydroxylation is 1. The maximum atomic E-state index is 13.8. The first-order valence-electron chi connectivity index (χ1n) is 10.5. The highest BCUT2D eigenvalue weighted by atomic mass is 16.5. The van der Waals surface area contributed by atoms with Gasteiger partial charge in [-0.1, -0.05) is 19.0 Å². The Morgan fingerprint density at radius 3 is 2.86 bits per heavy atom. The van der Waals surface area contributed by atoms with Gasteiger partial charge in [0.25, 0.3) is 5.91 Å². The number of nitrogens with one attached hydrogen (secondary N) is 1. The highest BCUT2D eigenvalue weighted by molar-refractivity contribution is 5.86. The summed E-state index contributed by atoms with van der Waals surface area (Å²) in [5, 5.41) is 7.43. The van der Waals surface area contributed by atoms with Crippen LogP contribution in [0.25, 0.3) is 0 Å². The van der Waals surface area contributed by atoms with Gasteiger partial charge >= 0.3 is 0 Å². The SMILES string of the molecule is Cc1ncccc1OC1(C(=O)N2CCC[C@H]2c2nc(C(C)C)no2)CCNCC1. The lowest BCUT2D eigenvalue weighted by atomic mass is 9.90. The Kier molecular flexibility index (Phi) is 5.54. The van der Waals surface area contributed by atoms with Crippen molar-refractivity contribution in [2.75, 3.05) is 19.6 Å². The second-order valence-electron chi connectivity index (χ2n) is 8.24. The van der Waals surface area contributed by atoms with Crippen LogP contribution in [-0.2, 0) is 4.79 Å². The minimum atomic E-state index is -0.900. The maximum Gasteiger partial charge on any atom is 0.267 e. The molecule has 0 saturated carbocycles. The summed E-state index contributed by atoms with van der Waals surface area (Å²) in [6.07, 6.45) is 4.70. The number of amides is 1. The summed E-state index contributed by atoms with van der Waals surface area (Å²) in [4.78, 5) is 24.6. The van der Waals surface area contributed by atoms with Crippen LogP contribution >= 0.6 is 0 Å². The fourth-order valence-corrected chi connectivity index (χ4v) is 4.12. The van der Waals surface area contributed by atoms with Gasteiger partial charge in [-0.05, 0) is 45.0 Å². The second-order valence-corrected chi connectivity index (χ2v) is 8.24. The molecule has 2 aliphatic rings. The molecule has 2 saturated heterocycles. The van der Waals surface area contributed by atoms with Crippen molar-refractivity contribution in [2.45, 2.75) is 64.0 Å². The predicted molar refractivity (Wildman–Crippen MR) is 107 cm³/mol. The third-order valence-electron chi connectivity index (χ3n) is 5.84. The molecule has 2 aliphatic heterocycles. The Bertz CT molecular complexity index is 860. The lowest BCUT2D eigenvalue weighted by molar-refractivity contribution is -0.152. The Labute approximate surface area is 171 Å². The quantitative estimate of drug-likeness (QED) is 0.826. The molecular weight excluding hydrogens is 370 g/mol. The fourth-order valence-electron chi connectivity index (χ4n) is 4.12. The first-order valence-corrected chi connectivity index (χ1v) is 10.5. The second kappa shape index (κ2) is 8.10. The van der Waals surface area contributed by atoms with E-state index < -0.39 is 5.60 Å². The maximum absolute atomic E-state index is 13.8. The molecule has 0 radical (unpaired) electrons. The normalized spacial score (nSPS) is 21.5. The summed E-state index contributed by atoms with van der Waals surface area (Å²) in [6.45, 7) is 8.11. The van der Waals surface area contributed by atoms with Gasteiger partial charge in [-0.25, -0.2) is 0 Å². The molecule has 8 heteroatoms. The van der Waals surface area contributed by atoms with E-state index in [1.807, 2.05) is 37.8 Å². The molecule has 0 spiro atoms. The van der Waals surface area contributed by atoms with Crippen molar-refractivity contribution in [2.24, 2.45) is 0 Å². The van der Waals surface area contributed by atoms with Gasteiger partial charge in [0, 0.05) is 31.5 Å². The number of aromatic nitrogens is 3. The van der Waals surface area contributed by atoms with Crippen LogP contribution < -0.4 is 10.1 Å². The largest absolute Gasteiger partial charge is 0.475 e. The molecule has 0 unspecified atom stereocenters. The number of ether oxygens (including phenoxy) is 1. The summed E-state index contributed by atoms with van der Waals surface area (Å²) in [5.41, 5.74) is -0.114. The van der Waals surface area contributed by atoms with E-state index in [4.69, 9.17) is 9.26 Å². The number of likely N-dealkylation sites (tertiary alicyclic amines) is 1. The van der Waals surface area contributed by atoms with Gasteiger partial charge in [-0.15, -0.1) is 0 Å². The Balaban J connectivity index is 1.62. The average Bonchev–Trinajstić information content (AvgIpc) is 3.39. The van der Waals surface area contributed by atoms with Gasteiger partial charge < -0.3 is 19.5 Å². The molecule has 29 heavy (non-hydrogen) atoms. The Morgan fingerprint density at radius 2 is 2.17 bits per heavy atom. The van der Waals surface area contributed by atoms with Gasteiger partial charge in [-0.2, -0.15) is 4.98 Å². The molecule has 2 aromatic heterocycles. The van der Waals surface area contributed by atoms with Crippen LogP contribution in [0.4, 0.5) is 0 Å². The monoisotopic (exact) mass is 399 g/mol. The molecule has 8 nitrogen and oxygen atoms in total. The summed E-state index contributed by atoms with van der Waals surface area (Å²) in [7, 11) is 0. The highest BCUT2D eigenvalue weighted by Gasteiger charge is 2.48. The minimum absolute atomic E-state index is 0.00838. The van der Waals surface area contributed by atoms with Gasteiger partial charge in [0.2, 0.25) is 5.89 Å². The molecule has 1 atom stereocenters. The van der Waals surface area contributed by atoms with Crippen molar-refractivity contribution in [3.8, 4) is 5.75 Å². The lowest BCUT2D eigenvalue weighted by Gasteiger charge is -2.40. The van der Waals surface area contributed by atoms with Crippen LogP contribution in [0.3, 0.4) is 0 Å². The molecule has 4 heterocycles.